The van der Waals surface area contributed by atoms with Crippen LogP contribution in [0.15, 0.2) is 23.3 Å². The predicted molar refractivity (Wildman–Crippen MR) is 63.7 cm³/mol. The van der Waals surface area contributed by atoms with Gasteiger partial charge >= 0.3 is 5.97 Å². The molecule has 0 bridgehead atoms. The number of unbranched alkanes of at least 4 members (excludes halogenated alkanes) is 3. The highest BCUT2D eigenvalue weighted by Crippen LogP contribution is 2.08. The van der Waals surface area contributed by atoms with E-state index in [0.29, 0.717) is 5.57 Å². The molecule has 0 heterocycles. The highest BCUT2D eigenvalue weighted by Gasteiger charge is 2.05. The number of ether oxygens (including phenoxy) is 1. The molecule has 0 aliphatic heterocycles. The van der Waals surface area contributed by atoms with Crippen LogP contribution < -0.4 is 0 Å². The predicted octanol–water partition coefficient (Wildman–Crippen LogP) is 3.63. The molecular weight excluding hydrogens is 188 g/mol. The molecule has 0 aliphatic carbocycles. The van der Waals surface area contributed by atoms with E-state index in [0.717, 1.165) is 18.4 Å². The number of hydrogen-bond donors (Lipinski definition) is 0. The third-order valence-electron chi connectivity index (χ3n) is 2.04. The summed E-state index contributed by atoms with van der Waals surface area (Å²) in [6, 6.07) is 0. The van der Waals surface area contributed by atoms with Crippen LogP contribution in [-0.2, 0) is 9.53 Å². The number of carbonyl (C=O) groups excluding carboxylic acids is 1. The molecule has 0 saturated heterocycles. The number of methoxy groups -OCH3 is 1. The van der Waals surface area contributed by atoms with Crippen LogP contribution in [0.5, 0.6) is 0 Å². The maximum Gasteiger partial charge on any atom is 0.337 e. The van der Waals surface area contributed by atoms with Crippen molar-refractivity contribution in [3.8, 4) is 0 Å². The Labute approximate surface area is 93.0 Å². The molecule has 0 aliphatic rings. The second-order valence-corrected chi connectivity index (χ2v) is 3.87. The maximum absolute atomic E-state index is 11.4. The minimum absolute atomic E-state index is 0.243. The van der Waals surface area contributed by atoms with Gasteiger partial charge in [-0.3, -0.25) is 0 Å². The third kappa shape index (κ3) is 6.95. The lowest BCUT2D eigenvalue weighted by atomic mass is 10.1. The Morgan fingerprint density at radius 1 is 1.27 bits per heavy atom. The van der Waals surface area contributed by atoms with Gasteiger partial charge in [0.25, 0.3) is 0 Å². The van der Waals surface area contributed by atoms with E-state index in [1.807, 2.05) is 26.0 Å². The van der Waals surface area contributed by atoms with Gasteiger partial charge in [0.05, 0.1) is 12.7 Å². The Kier molecular flexibility index (Phi) is 7.69. The van der Waals surface area contributed by atoms with Gasteiger partial charge in [-0.2, -0.15) is 0 Å². The van der Waals surface area contributed by atoms with Gasteiger partial charge < -0.3 is 4.74 Å². The average molecular weight is 210 g/mol. The Morgan fingerprint density at radius 3 is 2.40 bits per heavy atom. The zero-order valence-corrected chi connectivity index (χ0v) is 10.3. The summed E-state index contributed by atoms with van der Waals surface area (Å²) < 4.78 is 4.72. The highest BCUT2D eigenvalue weighted by atomic mass is 16.5. The number of hydrogen-bond acceptors (Lipinski definition) is 2. The molecule has 0 unspecified atom stereocenters. The zero-order chi connectivity index (χ0) is 11.7. The lowest BCUT2D eigenvalue weighted by molar-refractivity contribution is -0.135. The summed E-state index contributed by atoms with van der Waals surface area (Å²) >= 11 is 0. The van der Waals surface area contributed by atoms with Crippen LogP contribution in [-0.4, -0.2) is 13.1 Å². The molecule has 0 atom stereocenters. The summed E-state index contributed by atoms with van der Waals surface area (Å²) in [5.41, 5.74) is 1.79. The highest BCUT2D eigenvalue weighted by molar-refractivity contribution is 5.91. The molecule has 15 heavy (non-hydrogen) atoms. The fourth-order valence-corrected chi connectivity index (χ4v) is 1.28. The van der Waals surface area contributed by atoms with E-state index >= 15 is 0 Å². The summed E-state index contributed by atoms with van der Waals surface area (Å²) in [6.45, 7) is 6.12. The molecule has 86 valence electrons. The van der Waals surface area contributed by atoms with Crippen molar-refractivity contribution >= 4 is 5.97 Å². The van der Waals surface area contributed by atoms with Crippen molar-refractivity contribution in [1.29, 1.82) is 0 Å². The quantitative estimate of drug-likeness (QED) is 0.289. The zero-order valence-electron chi connectivity index (χ0n) is 10.3. The van der Waals surface area contributed by atoms with Gasteiger partial charge in [-0.1, -0.05) is 31.4 Å². The van der Waals surface area contributed by atoms with Gasteiger partial charge in [-0.25, -0.2) is 4.79 Å². The average Bonchev–Trinajstić information content (AvgIpc) is 2.21. The van der Waals surface area contributed by atoms with Crippen molar-refractivity contribution in [2.45, 2.75) is 46.5 Å². The number of carbonyl (C=O) groups is 1. The molecule has 2 nitrogen and oxygen atoms in total. The summed E-state index contributed by atoms with van der Waals surface area (Å²) in [4.78, 5) is 11.4. The Balaban J connectivity index is 4.36. The van der Waals surface area contributed by atoms with Gasteiger partial charge in [0.2, 0.25) is 0 Å². The van der Waals surface area contributed by atoms with Crippen molar-refractivity contribution < 1.29 is 9.53 Å². The first-order valence-electron chi connectivity index (χ1n) is 5.55. The van der Waals surface area contributed by atoms with E-state index in [4.69, 9.17) is 4.74 Å². The SMILES string of the molecule is CCCCC/C=C(/C=C(C)C)C(=O)OC. The third-order valence-corrected chi connectivity index (χ3v) is 2.04. The van der Waals surface area contributed by atoms with Crippen molar-refractivity contribution in [1.82, 2.24) is 0 Å². The van der Waals surface area contributed by atoms with E-state index in [2.05, 4.69) is 6.92 Å². The standard InChI is InChI=1S/C13H22O2/c1-5-6-7-8-9-12(10-11(2)3)13(14)15-4/h9-10H,5-8H2,1-4H3/b12-9-. The maximum atomic E-state index is 11.4. The topological polar surface area (TPSA) is 26.3 Å². The molecule has 0 aromatic carbocycles. The van der Waals surface area contributed by atoms with Crippen LogP contribution >= 0.6 is 0 Å². The first-order valence-corrected chi connectivity index (χ1v) is 5.55. The van der Waals surface area contributed by atoms with Gasteiger partial charge in [0.15, 0.2) is 0 Å². The van der Waals surface area contributed by atoms with E-state index in [9.17, 15) is 4.79 Å². The molecule has 0 spiro atoms. The fourth-order valence-electron chi connectivity index (χ4n) is 1.28. The molecular formula is C13H22O2. The van der Waals surface area contributed by atoms with Crippen LogP contribution in [0.2, 0.25) is 0 Å². The van der Waals surface area contributed by atoms with Crippen LogP contribution in [0.1, 0.15) is 46.5 Å². The van der Waals surface area contributed by atoms with E-state index in [1.54, 1.807) is 0 Å². The van der Waals surface area contributed by atoms with Crippen molar-refractivity contribution in [2.24, 2.45) is 0 Å². The molecule has 0 N–H and O–H groups in total. The Hall–Kier alpha value is -1.05. The Morgan fingerprint density at radius 2 is 1.93 bits per heavy atom. The monoisotopic (exact) mass is 210 g/mol. The van der Waals surface area contributed by atoms with Crippen molar-refractivity contribution in [3.63, 3.8) is 0 Å². The Bertz CT molecular complexity index is 245. The number of allylic oxidation sites excluding steroid dienone is 2. The first-order chi connectivity index (χ1) is 7.11. The second-order valence-electron chi connectivity index (χ2n) is 3.87. The molecule has 0 rings (SSSR count). The summed E-state index contributed by atoms with van der Waals surface area (Å²) in [5, 5.41) is 0. The van der Waals surface area contributed by atoms with Gasteiger partial charge in [0.1, 0.15) is 0 Å². The first kappa shape index (κ1) is 13.9. The molecule has 0 radical (unpaired) electrons. The second kappa shape index (κ2) is 8.27. The van der Waals surface area contributed by atoms with Gasteiger partial charge in [-0.15, -0.1) is 0 Å². The van der Waals surface area contributed by atoms with Crippen LogP contribution in [0, 0.1) is 0 Å². The lowest BCUT2D eigenvalue weighted by Gasteiger charge is -2.01. The van der Waals surface area contributed by atoms with Gasteiger partial charge in [0, 0.05) is 0 Å². The summed E-state index contributed by atoms with van der Waals surface area (Å²) in [5.74, 6) is -0.243. The van der Waals surface area contributed by atoms with E-state index in [1.165, 1.54) is 20.0 Å². The minimum atomic E-state index is -0.243. The minimum Gasteiger partial charge on any atom is -0.465 e. The smallest absolute Gasteiger partial charge is 0.337 e. The lowest BCUT2D eigenvalue weighted by Crippen LogP contribution is -2.03. The largest absolute Gasteiger partial charge is 0.465 e. The summed E-state index contributed by atoms with van der Waals surface area (Å²) in [7, 11) is 1.42. The van der Waals surface area contributed by atoms with E-state index in [-0.39, 0.29) is 5.97 Å². The molecule has 0 aromatic rings. The van der Waals surface area contributed by atoms with Crippen LogP contribution in [0.4, 0.5) is 0 Å². The molecule has 0 fully saturated rings. The fraction of sp³-hybridized carbons (Fsp3) is 0.615. The molecule has 0 saturated carbocycles. The molecule has 0 aromatic heterocycles. The number of esters is 1. The van der Waals surface area contributed by atoms with Crippen LogP contribution in [0.25, 0.3) is 0 Å². The normalized spacial score (nSPS) is 11.1. The van der Waals surface area contributed by atoms with E-state index < -0.39 is 0 Å². The molecule has 2 heteroatoms. The summed E-state index contributed by atoms with van der Waals surface area (Å²) in [6.07, 6.45) is 8.33. The van der Waals surface area contributed by atoms with Crippen molar-refractivity contribution in [2.75, 3.05) is 7.11 Å². The van der Waals surface area contributed by atoms with Crippen molar-refractivity contribution in [3.05, 3.63) is 23.3 Å². The van der Waals surface area contributed by atoms with Gasteiger partial charge in [-0.05, 0) is 32.8 Å². The molecule has 0 amide bonds. The number of rotatable bonds is 6. The van der Waals surface area contributed by atoms with Crippen LogP contribution in [0.3, 0.4) is 0 Å².